The topological polar surface area (TPSA) is 52.5 Å². The van der Waals surface area contributed by atoms with E-state index in [0.29, 0.717) is 6.42 Å². The Morgan fingerprint density at radius 2 is 1.79 bits per heavy atom. The van der Waals surface area contributed by atoms with Crippen LogP contribution in [0.15, 0.2) is 30.3 Å². The molecule has 0 saturated heterocycles. The van der Waals surface area contributed by atoms with E-state index in [2.05, 4.69) is 12.2 Å². The van der Waals surface area contributed by atoms with Crippen molar-refractivity contribution in [3.63, 3.8) is 0 Å². The summed E-state index contributed by atoms with van der Waals surface area (Å²) in [7, 11) is 0. The van der Waals surface area contributed by atoms with Gasteiger partial charge in [-0.3, -0.25) is 0 Å². The van der Waals surface area contributed by atoms with Crippen molar-refractivity contribution in [2.45, 2.75) is 51.2 Å². The zero-order valence-corrected chi connectivity index (χ0v) is 12.0. The second-order valence-corrected chi connectivity index (χ2v) is 5.15. The molecule has 0 amide bonds. The van der Waals surface area contributed by atoms with Gasteiger partial charge in [-0.05, 0) is 31.5 Å². The first-order valence-corrected chi connectivity index (χ1v) is 7.28. The molecule has 1 rings (SSSR count). The van der Waals surface area contributed by atoms with Crippen molar-refractivity contribution in [1.82, 2.24) is 5.32 Å². The Morgan fingerprint density at radius 1 is 1.11 bits per heavy atom. The van der Waals surface area contributed by atoms with Crippen molar-refractivity contribution < 1.29 is 10.2 Å². The Balaban J connectivity index is 2.33. The van der Waals surface area contributed by atoms with Crippen LogP contribution in [-0.4, -0.2) is 35.5 Å². The molecule has 3 N–H and O–H groups in total. The Hall–Kier alpha value is -0.900. The molecule has 0 aliphatic heterocycles. The normalized spacial score (nSPS) is 16.0. The van der Waals surface area contributed by atoms with E-state index in [1.54, 1.807) is 0 Å². The predicted octanol–water partition coefficient (Wildman–Crippen LogP) is 2.29. The van der Waals surface area contributed by atoms with Gasteiger partial charge in [0.2, 0.25) is 0 Å². The van der Waals surface area contributed by atoms with Crippen molar-refractivity contribution in [3.05, 3.63) is 35.9 Å². The molecule has 0 aromatic heterocycles. The largest absolute Gasteiger partial charge is 0.390 e. The lowest BCUT2D eigenvalue weighted by molar-refractivity contribution is 0.00179. The zero-order chi connectivity index (χ0) is 14.1. The van der Waals surface area contributed by atoms with Crippen LogP contribution >= 0.6 is 0 Å². The van der Waals surface area contributed by atoms with Gasteiger partial charge >= 0.3 is 0 Å². The average Bonchev–Trinajstić information content (AvgIpc) is 2.46. The van der Waals surface area contributed by atoms with Crippen LogP contribution in [0.2, 0.25) is 0 Å². The van der Waals surface area contributed by atoms with Gasteiger partial charge in [0.05, 0.1) is 12.2 Å². The lowest BCUT2D eigenvalue weighted by atomic mass is 9.91. The maximum absolute atomic E-state index is 10.2. The summed E-state index contributed by atoms with van der Waals surface area (Å²) >= 11 is 0. The highest BCUT2D eigenvalue weighted by molar-refractivity contribution is 5.20. The number of rotatable bonds is 9. The summed E-state index contributed by atoms with van der Waals surface area (Å²) in [5.41, 5.74) is 1.06. The van der Waals surface area contributed by atoms with Crippen molar-refractivity contribution in [1.29, 1.82) is 0 Å². The first kappa shape index (κ1) is 16.2. The number of nitrogens with one attached hydrogen (secondary N) is 1. The average molecular weight is 265 g/mol. The quantitative estimate of drug-likeness (QED) is 0.600. The van der Waals surface area contributed by atoms with Crippen LogP contribution in [0.3, 0.4) is 0 Å². The van der Waals surface area contributed by atoms with Crippen molar-refractivity contribution in [2.75, 3.05) is 13.1 Å². The zero-order valence-electron chi connectivity index (χ0n) is 12.0. The van der Waals surface area contributed by atoms with Crippen LogP contribution in [0.25, 0.3) is 0 Å². The molecule has 3 nitrogen and oxygen atoms in total. The van der Waals surface area contributed by atoms with E-state index in [0.717, 1.165) is 25.1 Å². The van der Waals surface area contributed by atoms with Crippen LogP contribution in [0, 0.1) is 0 Å². The third kappa shape index (κ3) is 5.72. The smallest absolute Gasteiger partial charge is 0.0865 e. The summed E-state index contributed by atoms with van der Waals surface area (Å²) in [4.78, 5) is 0. The third-order valence-corrected chi connectivity index (χ3v) is 3.56. The van der Waals surface area contributed by atoms with E-state index < -0.39 is 12.2 Å². The highest BCUT2D eigenvalue weighted by Crippen LogP contribution is 2.21. The molecule has 0 bridgehead atoms. The number of hydrogen-bond donors (Lipinski definition) is 3. The maximum Gasteiger partial charge on any atom is 0.0865 e. The molecule has 0 aliphatic rings. The fourth-order valence-corrected chi connectivity index (χ4v) is 2.13. The molecule has 0 fully saturated rings. The first-order valence-electron chi connectivity index (χ1n) is 7.28. The molecule has 0 radical (unpaired) electrons. The first-order chi connectivity index (χ1) is 9.16. The molecule has 0 heterocycles. The molecule has 3 unspecified atom stereocenters. The van der Waals surface area contributed by atoms with Gasteiger partial charge in [0, 0.05) is 5.92 Å². The summed E-state index contributed by atoms with van der Waals surface area (Å²) in [5, 5.41) is 23.5. The molecule has 19 heavy (non-hydrogen) atoms. The fourth-order valence-electron chi connectivity index (χ4n) is 2.13. The van der Waals surface area contributed by atoms with Gasteiger partial charge in [-0.2, -0.15) is 0 Å². The van der Waals surface area contributed by atoms with E-state index in [1.807, 2.05) is 37.3 Å². The molecule has 3 atom stereocenters. The number of aliphatic hydroxyl groups is 2. The Labute approximate surface area is 116 Å². The Morgan fingerprint density at radius 3 is 2.42 bits per heavy atom. The minimum atomic E-state index is -0.713. The van der Waals surface area contributed by atoms with Gasteiger partial charge in [0.15, 0.2) is 0 Å². The lowest BCUT2D eigenvalue weighted by Crippen LogP contribution is -2.33. The van der Waals surface area contributed by atoms with Gasteiger partial charge in [-0.1, -0.05) is 50.6 Å². The highest BCUT2D eigenvalue weighted by Gasteiger charge is 2.23. The van der Waals surface area contributed by atoms with E-state index >= 15 is 0 Å². The van der Waals surface area contributed by atoms with Crippen LogP contribution < -0.4 is 5.32 Å². The molecular weight excluding hydrogens is 238 g/mol. The van der Waals surface area contributed by atoms with Crippen LogP contribution in [0.4, 0.5) is 0 Å². The second kappa shape index (κ2) is 9.08. The second-order valence-electron chi connectivity index (χ2n) is 5.15. The number of unbranched alkanes of at least 4 members (excludes halogenated alkanes) is 1. The fraction of sp³-hybridized carbons (Fsp3) is 0.625. The monoisotopic (exact) mass is 265 g/mol. The van der Waals surface area contributed by atoms with Crippen LogP contribution in [0.1, 0.15) is 44.6 Å². The summed E-state index contributed by atoms with van der Waals surface area (Å²) in [5.74, 6) is -0.0492. The molecule has 108 valence electrons. The third-order valence-electron chi connectivity index (χ3n) is 3.56. The maximum atomic E-state index is 10.2. The summed E-state index contributed by atoms with van der Waals surface area (Å²) in [6.45, 7) is 5.84. The number of aliphatic hydroxyl groups excluding tert-OH is 2. The predicted molar refractivity (Wildman–Crippen MR) is 79.3 cm³/mol. The minimum Gasteiger partial charge on any atom is -0.390 e. The standard InChI is InChI=1S/C16H27NO2/c1-3-4-11-17-12-10-15(18)16(19)13(2)14-8-6-5-7-9-14/h5-9,13,15-19H,3-4,10-12H2,1-2H3. The molecular formula is C16H27NO2. The molecule has 0 aliphatic carbocycles. The van der Waals surface area contributed by atoms with Crippen molar-refractivity contribution in [2.24, 2.45) is 0 Å². The molecule has 3 heteroatoms. The van der Waals surface area contributed by atoms with E-state index in [1.165, 1.54) is 6.42 Å². The van der Waals surface area contributed by atoms with Crippen LogP contribution in [0.5, 0.6) is 0 Å². The van der Waals surface area contributed by atoms with E-state index in [-0.39, 0.29) is 5.92 Å². The van der Waals surface area contributed by atoms with Gasteiger partial charge in [-0.15, -0.1) is 0 Å². The SMILES string of the molecule is CCCCNCCC(O)C(O)C(C)c1ccccc1. The molecule has 1 aromatic carbocycles. The van der Waals surface area contributed by atoms with Gasteiger partial charge in [-0.25, -0.2) is 0 Å². The van der Waals surface area contributed by atoms with E-state index in [4.69, 9.17) is 0 Å². The van der Waals surface area contributed by atoms with Crippen LogP contribution in [-0.2, 0) is 0 Å². The molecule has 1 aromatic rings. The summed E-state index contributed by atoms with van der Waals surface area (Å²) in [6.07, 6.45) is 1.52. The van der Waals surface area contributed by atoms with Gasteiger partial charge < -0.3 is 15.5 Å². The highest BCUT2D eigenvalue weighted by atomic mass is 16.3. The van der Waals surface area contributed by atoms with Crippen molar-refractivity contribution >= 4 is 0 Å². The van der Waals surface area contributed by atoms with Gasteiger partial charge in [0.25, 0.3) is 0 Å². The molecule has 0 spiro atoms. The minimum absolute atomic E-state index is 0.0492. The summed E-state index contributed by atoms with van der Waals surface area (Å²) < 4.78 is 0. The molecule has 0 saturated carbocycles. The van der Waals surface area contributed by atoms with Gasteiger partial charge in [0.1, 0.15) is 0 Å². The van der Waals surface area contributed by atoms with E-state index in [9.17, 15) is 10.2 Å². The Bertz CT molecular complexity index is 329. The van der Waals surface area contributed by atoms with Crippen molar-refractivity contribution in [3.8, 4) is 0 Å². The number of hydrogen-bond acceptors (Lipinski definition) is 3. The lowest BCUT2D eigenvalue weighted by Gasteiger charge is -2.24. The summed E-state index contributed by atoms with van der Waals surface area (Å²) in [6, 6.07) is 9.84. The Kier molecular flexibility index (Phi) is 7.72. The number of benzene rings is 1.